The van der Waals surface area contributed by atoms with Crippen LogP contribution in [0.2, 0.25) is 0 Å². The molecule has 0 fully saturated rings. The monoisotopic (exact) mass is 527 g/mol. The summed E-state index contributed by atoms with van der Waals surface area (Å²) in [5, 5.41) is 13.6. The smallest absolute Gasteiger partial charge is 0.336 e. The number of esters is 1. The number of phenolic OH excluding ortho intramolecular Hbond substituents is 1. The van der Waals surface area contributed by atoms with Gasteiger partial charge in [0.2, 0.25) is 0 Å². The molecule has 2 aliphatic rings. The van der Waals surface area contributed by atoms with Crippen molar-refractivity contribution in [1.82, 2.24) is 5.32 Å². The van der Waals surface area contributed by atoms with E-state index in [1.54, 1.807) is 26.2 Å². The Labute approximate surface area is 206 Å². The third kappa shape index (κ3) is 4.07. The number of rotatable bonds is 5. The summed E-state index contributed by atoms with van der Waals surface area (Å²) < 4.78 is 16.3. The molecule has 8 heteroatoms. The maximum Gasteiger partial charge on any atom is 0.336 e. The number of allylic oxidation sites excluding steroid dienone is 3. The molecule has 0 bridgehead atoms. The number of methoxy groups -OCH3 is 3. The molecular weight excluding hydrogens is 502 g/mol. The average Bonchev–Trinajstić information content (AvgIpc) is 2.84. The van der Waals surface area contributed by atoms with E-state index < -0.39 is 11.9 Å². The van der Waals surface area contributed by atoms with E-state index in [9.17, 15) is 14.7 Å². The van der Waals surface area contributed by atoms with E-state index in [2.05, 4.69) is 21.2 Å². The summed E-state index contributed by atoms with van der Waals surface area (Å²) >= 11 is 3.36. The molecule has 0 spiro atoms. The minimum absolute atomic E-state index is 0.0547. The SMILES string of the molecule is COC(=O)C1=C(C)NC2=C(C(=O)CC(c3ccccc3OC)C2)C1c1cc(Br)c(O)c(OC)c1. The third-order valence-corrected chi connectivity index (χ3v) is 7.02. The molecule has 1 heterocycles. The van der Waals surface area contributed by atoms with Crippen molar-refractivity contribution in [1.29, 1.82) is 0 Å². The second-order valence-electron chi connectivity index (χ2n) is 8.30. The lowest BCUT2D eigenvalue weighted by Crippen LogP contribution is -2.36. The normalized spacial score (nSPS) is 20.0. The molecule has 2 aromatic rings. The number of ether oxygens (including phenoxy) is 3. The zero-order valence-corrected chi connectivity index (χ0v) is 21.0. The molecule has 1 aliphatic heterocycles. The van der Waals surface area contributed by atoms with Crippen LogP contribution in [0.15, 0.2) is 63.4 Å². The Bertz CT molecular complexity index is 1230. The highest BCUT2D eigenvalue weighted by atomic mass is 79.9. The number of hydrogen-bond donors (Lipinski definition) is 2. The van der Waals surface area contributed by atoms with E-state index in [-0.39, 0.29) is 29.6 Å². The van der Waals surface area contributed by atoms with E-state index in [0.29, 0.717) is 33.3 Å². The topological polar surface area (TPSA) is 94.1 Å². The van der Waals surface area contributed by atoms with Crippen LogP contribution >= 0.6 is 15.9 Å². The molecular formula is C26H26BrNO6. The zero-order chi connectivity index (χ0) is 24.6. The molecule has 7 nitrogen and oxygen atoms in total. The lowest BCUT2D eigenvalue weighted by molar-refractivity contribution is -0.136. The van der Waals surface area contributed by atoms with Crippen molar-refractivity contribution >= 4 is 27.7 Å². The molecule has 2 N–H and O–H groups in total. The second kappa shape index (κ2) is 9.54. The highest BCUT2D eigenvalue weighted by Crippen LogP contribution is 2.48. The van der Waals surface area contributed by atoms with Crippen LogP contribution in [-0.4, -0.2) is 38.2 Å². The zero-order valence-electron chi connectivity index (χ0n) is 19.4. The minimum Gasteiger partial charge on any atom is -0.503 e. The molecule has 0 saturated heterocycles. The summed E-state index contributed by atoms with van der Waals surface area (Å²) in [6.07, 6.45) is 0.863. The number of phenols is 1. The summed E-state index contributed by atoms with van der Waals surface area (Å²) in [6.45, 7) is 1.80. The van der Waals surface area contributed by atoms with Crippen LogP contribution in [0.1, 0.15) is 42.7 Å². The Hall–Kier alpha value is -3.26. The summed E-state index contributed by atoms with van der Waals surface area (Å²) in [6, 6.07) is 11.1. The fourth-order valence-corrected chi connectivity index (χ4v) is 5.35. The molecule has 1 aliphatic carbocycles. The van der Waals surface area contributed by atoms with Crippen molar-refractivity contribution in [2.45, 2.75) is 31.6 Å². The van der Waals surface area contributed by atoms with Gasteiger partial charge in [0.15, 0.2) is 17.3 Å². The van der Waals surface area contributed by atoms with Gasteiger partial charge in [-0.15, -0.1) is 0 Å². The van der Waals surface area contributed by atoms with Crippen molar-refractivity contribution in [3.8, 4) is 17.2 Å². The second-order valence-corrected chi connectivity index (χ2v) is 9.16. The minimum atomic E-state index is -0.666. The van der Waals surface area contributed by atoms with Gasteiger partial charge in [-0.1, -0.05) is 18.2 Å². The van der Waals surface area contributed by atoms with Gasteiger partial charge >= 0.3 is 5.97 Å². The quantitative estimate of drug-likeness (QED) is 0.543. The molecule has 0 radical (unpaired) electrons. The van der Waals surface area contributed by atoms with E-state index in [0.717, 1.165) is 17.0 Å². The number of Topliss-reactive ketones (excluding diaryl/α,β-unsaturated/α-hetero) is 1. The number of carbonyl (C=O) groups excluding carboxylic acids is 2. The standard InChI is InChI=1S/C26H26BrNO6/c1-13-22(26(31)34-4)23(15-9-17(27)25(30)21(12-15)33-3)24-18(28-13)10-14(11-19(24)29)16-7-5-6-8-20(16)32-2/h5-9,12,14,23,28,30H,10-11H2,1-4H3. The van der Waals surface area contributed by atoms with Gasteiger partial charge in [0.1, 0.15) is 5.75 Å². The van der Waals surface area contributed by atoms with Gasteiger partial charge in [-0.2, -0.15) is 0 Å². The maximum atomic E-state index is 13.7. The molecule has 0 amide bonds. The van der Waals surface area contributed by atoms with Crippen LogP contribution in [-0.2, 0) is 14.3 Å². The summed E-state index contributed by atoms with van der Waals surface area (Å²) in [7, 11) is 4.39. The molecule has 0 aromatic heterocycles. The Morgan fingerprint density at radius 3 is 2.47 bits per heavy atom. The van der Waals surface area contributed by atoms with E-state index in [4.69, 9.17) is 14.2 Å². The third-order valence-electron chi connectivity index (χ3n) is 6.42. The predicted molar refractivity (Wildman–Crippen MR) is 130 cm³/mol. The van der Waals surface area contributed by atoms with Crippen LogP contribution in [0.25, 0.3) is 0 Å². The van der Waals surface area contributed by atoms with Crippen LogP contribution in [0, 0.1) is 0 Å². The lowest BCUT2D eigenvalue weighted by Gasteiger charge is -2.37. The maximum absolute atomic E-state index is 13.7. The van der Waals surface area contributed by atoms with E-state index in [1.165, 1.54) is 14.2 Å². The van der Waals surface area contributed by atoms with Crippen molar-refractivity contribution in [3.05, 3.63) is 74.5 Å². The Kier molecular flexibility index (Phi) is 6.70. The van der Waals surface area contributed by atoms with Crippen LogP contribution in [0.3, 0.4) is 0 Å². The van der Waals surface area contributed by atoms with Crippen LogP contribution in [0.4, 0.5) is 0 Å². The number of benzene rings is 2. The van der Waals surface area contributed by atoms with Gasteiger partial charge in [0.05, 0.1) is 31.4 Å². The number of nitrogens with one attached hydrogen (secondary N) is 1. The Balaban J connectivity index is 1.87. The van der Waals surface area contributed by atoms with E-state index >= 15 is 0 Å². The van der Waals surface area contributed by atoms with E-state index in [1.807, 2.05) is 24.3 Å². The molecule has 2 unspecified atom stereocenters. The van der Waals surface area contributed by atoms with Crippen molar-refractivity contribution in [2.75, 3.05) is 21.3 Å². The first-order valence-corrected chi connectivity index (χ1v) is 11.6. The average molecular weight is 528 g/mol. The van der Waals surface area contributed by atoms with Crippen molar-refractivity contribution < 1.29 is 28.9 Å². The predicted octanol–water partition coefficient (Wildman–Crippen LogP) is 4.71. The van der Waals surface area contributed by atoms with Gasteiger partial charge in [-0.25, -0.2) is 4.79 Å². The van der Waals surface area contributed by atoms with Crippen LogP contribution in [0.5, 0.6) is 17.2 Å². The Morgan fingerprint density at radius 2 is 1.79 bits per heavy atom. The fourth-order valence-electron chi connectivity index (χ4n) is 4.89. The number of para-hydroxylation sites is 1. The molecule has 34 heavy (non-hydrogen) atoms. The first-order chi connectivity index (χ1) is 16.3. The van der Waals surface area contributed by atoms with Gasteiger partial charge in [-0.05, 0) is 58.6 Å². The highest BCUT2D eigenvalue weighted by Gasteiger charge is 2.42. The summed E-state index contributed by atoms with van der Waals surface area (Å²) in [4.78, 5) is 26.5. The summed E-state index contributed by atoms with van der Waals surface area (Å²) in [5.41, 5.74) is 3.87. The van der Waals surface area contributed by atoms with Crippen molar-refractivity contribution in [3.63, 3.8) is 0 Å². The van der Waals surface area contributed by atoms with Gasteiger partial charge in [-0.3, -0.25) is 4.79 Å². The Morgan fingerprint density at radius 1 is 1.09 bits per heavy atom. The number of ketones is 1. The highest BCUT2D eigenvalue weighted by molar-refractivity contribution is 9.10. The summed E-state index contributed by atoms with van der Waals surface area (Å²) in [5.74, 6) is -0.393. The molecule has 178 valence electrons. The number of hydrogen-bond acceptors (Lipinski definition) is 7. The first-order valence-electron chi connectivity index (χ1n) is 10.8. The molecule has 2 atom stereocenters. The number of carbonyl (C=O) groups is 2. The largest absolute Gasteiger partial charge is 0.503 e. The van der Waals surface area contributed by atoms with Gasteiger partial charge in [0.25, 0.3) is 0 Å². The fraction of sp³-hybridized carbons (Fsp3) is 0.308. The molecule has 4 rings (SSSR count). The van der Waals surface area contributed by atoms with Crippen molar-refractivity contribution in [2.24, 2.45) is 0 Å². The number of dihydropyridines is 1. The molecule has 0 saturated carbocycles. The molecule has 2 aromatic carbocycles. The first kappa shape index (κ1) is 23.9. The van der Waals surface area contributed by atoms with Gasteiger partial charge in [0, 0.05) is 35.2 Å². The lowest BCUT2D eigenvalue weighted by atomic mass is 9.71. The number of aromatic hydroxyl groups is 1. The number of halogens is 1. The van der Waals surface area contributed by atoms with Crippen LogP contribution < -0.4 is 14.8 Å². The van der Waals surface area contributed by atoms with Gasteiger partial charge < -0.3 is 24.6 Å².